The fourth-order valence-electron chi connectivity index (χ4n) is 2.85. The number of nitrogens with zero attached hydrogens (tertiary/aromatic N) is 2. The monoisotopic (exact) mass is 661 g/mol. The Morgan fingerprint density at radius 2 is 1.81 bits per heavy atom. The first-order chi connectivity index (χ1) is 14.2. The number of carboxylic acid groups (broad SMARTS) is 1. The molecule has 31 heavy (non-hydrogen) atoms. The normalized spacial score (nSPS) is 10.5. The van der Waals surface area contributed by atoms with E-state index in [0.29, 0.717) is 6.61 Å². The van der Waals surface area contributed by atoms with E-state index in [1.165, 1.54) is 12.3 Å². The van der Waals surface area contributed by atoms with Gasteiger partial charge in [0, 0.05) is 64.7 Å². The Labute approximate surface area is 219 Å². The van der Waals surface area contributed by atoms with Crippen molar-refractivity contribution < 1.29 is 67.5 Å². The molecule has 7 heteroatoms. The van der Waals surface area contributed by atoms with Gasteiger partial charge in [-0.3, -0.25) is 0 Å². The Morgan fingerprint density at radius 1 is 1.00 bits per heavy atom. The van der Waals surface area contributed by atoms with Crippen LogP contribution in [0.4, 0.5) is 0 Å². The zero-order valence-electron chi connectivity index (χ0n) is 16.2. The summed E-state index contributed by atoms with van der Waals surface area (Å²) in [5.74, 6) is -0.207. The van der Waals surface area contributed by atoms with Crippen LogP contribution in [-0.4, -0.2) is 21.0 Å². The molecule has 2 aromatic heterocycles. The van der Waals surface area contributed by atoms with Gasteiger partial charge < -0.3 is 14.8 Å². The van der Waals surface area contributed by atoms with Crippen LogP contribution in [0.2, 0.25) is 0 Å². The molecule has 0 spiro atoms. The van der Waals surface area contributed by atoms with Crippen molar-refractivity contribution in [1.82, 2.24) is 9.97 Å². The Bertz CT molecular complexity index is 1140. The number of rotatable bonds is 2. The number of benzene rings is 2. The van der Waals surface area contributed by atoms with Gasteiger partial charge in [-0.15, -0.1) is 42.0 Å². The summed E-state index contributed by atoms with van der Waals surface area (Å²) in [7, 11) is 0. The first-order valence-corrected chi connectivity index (χ1v) is 8.89. The molecule has 0 unspecified atom stereocenters. The molecule has 154 valence electrons. The largest absolute Gasteiger partial charge is 0.516 e. The van der Waals surface area contributed by atoms with Gasteiger partial charge in [0.15, 0.2) is 0 Å². The van der Waals surface area contributed by atoms with Crippen molar-refractivity contribution in [2.45, 2.75) is 6.61 Å². The molecular formula is C24H15IrN2O3Y-3. The third-order valence-corrected chi connectivity index (χ3v) is 4.24. The average Bonchev–Trinajstić information content (AvgIpc) is 2.80. The van der Waals surface area contributed by atoms with Gasteiger partial charge in [-0.05, 0) is 12.1 Å². The third kappa shape index (κ3) is 6.14. The average molecular weight is 661 g/mol. The molecule has 5 rings (SSSR count). The van der Waals surface area contributed by atoms with Crippen molar-refractivity contribution >= 4 is 5.97 Å². The van der Waals surface area contributed by atoms with E-state index in [1.807, 2.05) is 48.5 Å². The summed E-state index contributed by atoms with van der Waals surface area (Å²) < 4.78 is 5.80. The molecule has 3 heterocycles. The molecule has 2 radical (unpaired) electrons. The zero-order chi connectivity index (χ0) is 20.1. The molecule has 1 aliphatic rings. The van der Waals surface area contributed by atoms with Crippen LogP contribution in [0, 0.1) is 18.3 Å². The van der Waals surface area contributed by atoms with Crippen molar-refractivity contribution in [3.8, 4) is 28.1 Å². The van der Waals surface area contributed by atoms with Gasteiger partial charge in [-0.2, -0.15) is 24.3 Å². The van der Waals surface area contributed by atoms with Crippen LogP contribution in [0.25, 0.3) is 22.4 Å². The number of carbonyl (C=O) groups is 1. The summed E-state index contributed by atoms with van der Waals surface area (Å²) in [6.45, 7) is 0.559. The summed E-state index contributed by atoms with van der Waals surface area (Å²) >= 11 is 0. The second kappa shape index (κ2) is 12.0. The molecule has 0 aliphatic carbocycles. The number of fused-ring (bicyclic) bond motifs is 3. The quantitative estimate of drug-likeness (QED) is 0.322. The summed E-state index contributed by atoms with van der Waals surface area (Å²) in [5.41, 5.74) is 4.87. The van der Waals surface area contributed by atoms with Gasteiger partial charge >= 0.3 is 5.97 Å². The van der Waals surface area contributed by atoms with Crippen molar-refractivity contribution in [1.29, 1.82) is 0 Å². The van der Waals surface area contributed by atoms with Crippen LogP contribution in [0.1, 0.15) is 16.1 Å². The van der Waals surface area contributed by atoms with E-state index >= 15 is 0 Å². The predicted molar refractivity (Wildman–Crippen MR) is 107 cm³/mol. The summed E-state index contributed by atoms with van der Waals surface area (Å²) in [5, 5.41) is 8.32. The van der Waals surface area contributed by atoms with E-state index in [1.54, 1.807) is 12.1 Å². The minimum atomic E-state index is -0.990. The van der Waals surface area contributed by atoms with E-state index in [9.17, 15) is 4.79 Å². The number of aromatic carboxylic acids is 1. The molecule has 4 aromatic rings. The smallest absolute Gasteiger partial charge is 0.354 e. The molecule has 5 nitrogen and oxygen atoms in total. The standard InChI is InChI=1S/C18H10NO.C6H5NO2.Ir.Y/c1-2-6-13(7-3-1)15-10-17-18(19-11-15)16-9-5-4-8-14(16)12-20-17;8-6(9)5-3-1-2-4-7-5;;/h1-6,8,10H,12H2;1-4H,(H,8,9);;/q-3;;;. The SMILES string of the molecule is O=C(O)c1ccccn1.[Ir].[Y].[c-]1ccccc1-c1[c-]nc2c(c1)OCc1ccc[c-]c1-2. The summed E-state index contributed by atoms with van der Waals surface area (Å²) in [6.07, 6.45) is 4.52. The molecule has 1 aliphatic heterocycles. The van der Waals surface area contributed by atoms with E-state index in [-0.39, 0.29) is 58.5 Å². The first kappa shape index (κ1) is 25.0. The minimum Gasteiger partial charge on any atom is -0.516 e. The van der Waals surface area contributed by atoms with E-state index < -0.39 is 5.97 Å². The van der Waals surface area contributed by atoms with Crippen LogP contribution in [0.15, 0.2) is 72.9 Å². The van der Waals surface area contributed by atoms with Gasteiger partial charge in [0.05, 0.1) is 12.4 Å². The number of carboxylic acids is 1. The van der Waals surface area contributed by atoms with Gasteiger partial charge in [0.1, 0.15) is 5.69 Å². The van der Waals surface area contributed by atoms with Gasteiger partial charge in [0.25, 0.3) is 0 Å². The van der Waals surface area contributed by atoms with Crippen LogP contribution < -0.4 is 4.74 Å². The van der Waals surface area contributed by atoms with Gasteiger partial charge in [-0.1, -0.05) is 17.8 Å². The Hall–Kier alpha value is -2.24. The molecule has 0 atom stereocenters. The van der Waals surface area contributed by atoms with E-state index in [4.69, 9.17) is 9.84 Å². The molecule has 0 saturated carbocycles. The molecule has 1 N–H and O–H groups in total. The van der Waals surface area contributed by atoms with Gasteiger partial charge in [-0.25, -0.2) is 20.9 Å². The molecule has 2 aromatic carbocycles. The maximum Gasteiger partial charge on any atom is 0.354 e. The molecular weight excluding hydrogens is 645 g/mol. The second-order valence-electron chi connectivity index (χ2n) is 6.15. The topological polar surface area (TPSA) is 72.3 Å². The Kier molecular flexibility index (Phi) is 9.66. The maximum absolute atomic E-state index is 10.1. The van der Waals surface area contributed by atoms with E-state index in [0.717, 1.165) is 33.7 Å². The van der Waals surface area contributed by atoms with Crippen LogP contribution in [0.5, 0.6) is 5.75 Å². The maximum atomic E-state index is 10.1. The first-order valence-electron chi connectivity index (χ1n) is 8.89. The number of hydrogen-bond donors (Lipinski definition) is 1. The Morgan fingerprint density at radius 3 is 2.48 bits per heavy atom. The van der Waals surface area contributed by atoms with Crippen LogP contribution in [-0.2, 0) is 59.4 Å². The fourth-order valence-corrected chi connectivity index (χ4v) is 2.85. The van der Waals surface area contributed by atoms with Crippen molar-refractivity contribution in [2.24, 2.45) is 0 Å². The summed E-state index contributed by atoms with van der Waals surface area (Å²) in [6, 6.07) is 26.8. The molecule has 0 saturated heterocycles. The number of aromatic nitrogens is 2. The van der Waals surface area contributed by atoms with Crippen molar-refractivity contribution in [3.05, 3.63) is 103 Å². The second-order valence-corrected chi connectivity index (χ2v) is 6.15. The zero-order valence-corrected chi connectivity index (χ0v) is 21.4. The predicted octanol–water partition coefficient (Wildman–Crippen LogP) is 4.48. The number of pyridine rings is 2. The van der Waals surface area contributed by atoms with Crippen molar-refractivity contribution in [3.63, 3.8) is 0 Å². The number of ether oxygens (including phenoxy) is 1. The third-order valence-electron chi connectivity index (χ3n) is 4.24. The van der Waals surface area contributed by atoms with Crippen LogP contribution >= 0.6 is 0 Å². The summed E-state index contributed by atoms with van der Waals surface area (Å²) in [4.78, 5) is 18.2. The molecule has 0 fully saturated rings. The molecule has 0 amide bonds. The molecule has 0 bridgehead atoms. The van der Waals surface area contributed by atoms with Crippen LogP contribution in [0.3, 0.4) is 0 Å². The van der Waals surface area contributed by atoms with Crippen molar-refractivity contribution in [2.75, 3.05) is 0 Å². The Balaban J connectivity index is 0.000000267. The fraction of sp³-hybridized carbons (Fsp3) is 0.0417. The van der Waals surface area contributed by atoms with Gasteiger partial charge in [0.2, 0.25) is 0 Å². The number of hydrogen-bond acceptors (Lipinski definition) is 4. The van der Waals surface area contributed by atoms with E-state index in [2.05, 4.69) is 28.3 Å². The minimum absolute atomic E-state index is 0.